The maximum Gasteiger partial charge on any atom is 0.417 e. The summed E-state index contributed by atoms with van der Waals surface area (Å²) in [5, 5.41) is 21.5. The largest absolute Gasteiger partial charge is 0.444 e. The molecule has 3 amide bonds. The van der Waals surface area contributed by atoms with Crippen molar-refractivity contribution in [3.63, 3.8) is 0 Å². The molecular weight excluding hydrogens is 512 g/mol. The standard InChI is InChI=1S/C26H48N2O9Si/c1-23(2,3)35-21(32)27-16(17(29)18(30)20(27)31)19(37-38(12,13)25(7,8)9)15-14-34-26(10,11)28(15)22(33)36-24(4,5)6/h15-19,29-30H,14H2,1-13H3/t15-,16?,17+,18+,19-/m0/s1. The predicted molar refractivity (Wildman–Crippen MR) is 143 cm³/mol. The van der Waals surface area contributed by atoms with Gasteiger partial charge in [0.25, 0.3) is 5.91 Å². The van der Waals surface area contributed by atoms with Gasteiger partial charge in [-0.15, -0.1) is 0 Å². The molecule has 2 rings (SSSR count). The first-order valence-corrected chi connectivity index (χ1v) is 16.0. The first-order valence-electron chi connectivity index (χ1n) is 13.1. The first kappa shape index (κ1) is 32.5. The fourth-order valence-electron chi connectivity index (χ4n) is 4.27. The third kappa shape index (κ3) is 6.88. The molecule has 0 aromatic rings. The van der Waals surface area contributed by atoms with Gasteiger partial charge in [0.2, 0.25) is 0 Å². The quantitative estimate of drug-likeness (QED) is 0.494. The van der Waals surface area contributed by atoms with E-state index >= 15 is 0 Å². The second kappa shape index (κ2) is 10.3. The highest BCUT2D eigenvalue weighted by molar-refractivity contribution is 6.74. The van der Waals surface area contributed by atoms with Gasteiger partial charge >= 0.3 is 12.2 Å². The number of rotatable bonds is 4. The molecular formula is C26H48N2O9Si. The lowest BCUT2D eigenvalue weighted by molar-refractivity contribution is -0.136. The van der Waals surface area contributed by atoms with Crippen molar-refractivity contribution in [3.8, 4) is 0 Å². The van der Waals surface area contributed by atoms with Crippen LogP contribution in [0.2, 0.25) is 18.1 Å². The van der Waals surface area contributed by atoms with Gasteiger partial charge in [0.15, 0.2) is 14.4 Å². The van der Waals surface area contributed by atoms with Crippen LogP contribution in [0.5, 0.6) is 0 Å². The van der Waals surface area contributed by atoms with Crippen molar-refractivity contribution < 1.29 is 43.2 Å². The Kier molecular flexibility index (Phi) is 8.84. The Balaban J connectivity index is 2.69. The zero-order valence-electron chi connectivity index (χ0n) is 25.2. The highest BCUT2D eigenvalue weighted by Gasteiger charge is 2.61. The third-order valence-corrected chi connectivity index (χ3v) is 11.6. The average molecular weight is 561 g/mol. The smallest absolute Gasteiger partial charge is 0.417 e. The van der Waals surface area contributed by atoms with Crippen molar-refractivity contribution in [1.82, 2.24) is 9.80 Å². The molecule has 2 heterocycles. The van der Waals surface area contributed by atoms with Gasteiger partial charge in [-0.25, -0.2) is 14.5 Å². The summed E-state index contributed by atoms with van der Waals surface area (Å²) < 4.78 is 24.0. The van der Waals surface area contributed by atoms with Crippen LogP contribution in [0, 0.1) is 0 Å². The minimum Gasteiger partial charge on any atom is -0.444 e. The lowest BCUT2D eigenvalue weighted by atomic mass is 9.97. The number of imide groups is 1. The molecule has 12 heteroatoms. The molecule has 2 aliphatic rings. The number of ether oxygens (including phenoxy) is 3. The van der Waals surface area contributed by atoms with Crippen LogP contribution < -0.4 is 0 Å². The Hall–Kier alpha value is -1.73. The van der Waals surface area contributed by atoms with E-state index in [1.807, 2.05) is 33.9 Å². The first-order chi connectivity index (χ1) is 16.8. The Bertz CT molecular complexity index is 917. The molecule has 2 fully saturated rings. The van der Waals surface area contributed by atoms with Crippen LogP contribution in [0.1, 0.15) is 76.2 Å². The fraction of sp³-hybridized carbons (Fsp3) is 0.885. The molecule has 11 nitrogen and oxygen atoms in total. The zero-order chi connectivity index (χ0) is 29.8. The van der Waals surface area contributed by atoms with Crippen molar-refractivity contribution in [3.05, 3.63) is 0 Å². The van der Waals surface area contributed by atoms with E-state index in [0.717, 1.165) is 4.90 Å². The van der Waals surface area contributed by atoms with Crippen molar-refractivity contribution in [2.75, 3.05) is 6.61 Å². The number of hydrogen-bond acceptors (Lipinski definition) is 9. The van der Waals surface area contributed by atoms with Gasteiger partial charge in [0, 0.05) is 0 Å². The van der Waals surface area contributed by atoms with E-state index < -0.39 is 73.7 Å². The van der Waals surface area contributed by atoms with Crippen molar-refractivity contribution in [1.29, 1.82) is 0 Å². The number of carbonyl (C=O) groups is 3. The van der Waals surface area contributed by atoms with Gasteiger partial charge in [-0.1, -0.05) is 20.8 Å². The van der Waals surface area contributed by atoms with Gasteiger partial charge in [0.1, 0.15) is 23.0 Å². The molecule has 1 unspecified atom stereocenters. The van der Waals surface area contributed by atoms with Crippen LogP contribution in [0.3, 0.4) is 0 Å². The molecule has 2 N–H and O–H groups in total. The monoisotopic (exact) mass is 560 g/mol. The second-order valence-corrected chi connectivity index (χ2v) is 18.9. The third-order valence-electron chi connectivity index (χ3n) is 7.11. The summed E-state index contributed by atoms with van der Waals surface area (Å²) in [6.45, 7) is 23.6. The van der Waals surface area contributed by atoms with Gasteiger partial charge in [-0.2, -0.15) is 0 Å². The lowest BCUT2D eigenvalue weighted by Crippen LogP contribution is -2.63. The normalized spacial score (nSPS) is 27.5. The van der Waals surface area contributed by atoms with Crippen molar-refractivity contribution in [2.24, 2.45) is 0 Å². The number of hydrogen-bond donors (Lipinski definition) is 2. The van der Waals surface area contributed by atoms with E-state index in [4.69, 9.17) is 18.6 Å². The molecule has 0 radical (unpaired) electrons. The number of likely N-dealkylation sites (tertiary alicyclic amines) is 1. The van der Waals surface area contributed by atoms with Crippen molar-refractivity contribution >= 4 is 26.4 Å². The van der Waals surface area contributed by atoms with E-state index in [1.165, 1.54) is 4.90 Å². The van der Waals surface area contributed by atoms with Gasteiger partial charge < -0.3 is 28.8 Å². The maximum absolute atomic E-state index is 13.5. The molecule has 0 aromatic heterocycles. The predicted octanol–water partition coefficient (Wildman–Crippen LogP) is 3.62. The van der Waals surface area contributed by atoms with Crippen LogP contribution in [0.4, 0.5) is 9.59 Å². The number of nitrogens with zero attached hydrogens (tertiary/aromatic N) is 2. The molecule has 2 saturated heterocycles. The van der Waals surface area contributed by atoms with E-state index in [1.54, 1.807) is 55.4 Å². The average Bonchev–Trinajstić information content (AvgIpc) is 3.10. The Labute approximate surface area is 227 Å². The summed E-state index contributed by atoms with van der Waals surface area (Å²) in [4.78, 5) is 42.0. The van der Waals surface area contributed by atoms with Crippen LogP contribution in [-0.4, -0.2) is 100 Å². The molecule has 0 saturated carbocycles. The zero-order valence-corrected chi connectivity index (χ0v) is 26.2. The molecule has 0 aliphatic carbocycles. The SMILES string of the molecule is CC(C)(C)OC(=O)N1C(=O)[C@H](O)[C@H](O)C1[C@@H](O[Si](C)(C)C(C)(C)C)[C@@H]1COC(C)(C)N1C(=O)OC(C)(C)C. The van der Waals surface area contributed by atoms with Crippen LogP contribution >= 0.6 is 0 Å². The Morgan fingerprint density at radius 1 is 0.974 bits per heavy atom. The summed E-state index contributed by atoms with van der Waals surface area (Å²) in [5.74, 6) is -0.998. The lowest BCUT2D eigenvalue weighted by Gasteiger charge is -2.46. The minimum absolute atomic E-state index is 0.0127. The minimum atomic E-state index is -2.66. The Morgan fingerprint density at radius 3 is 1.89 bits per heavy atom. The molecule has 220 valence electrons. The highest BCUT2D eigenvalue weighted by Crippen LogP contribution is 2.42. The topological polar surface area (TPSA) is 135 Å². The number of amides is 3. The molecule has 0 bridgehead atoms. The number of aliphatic hydroxyl groups is 2. The van der Waals surface area contributed by atoms with Crippen LogP contribution in [-0.2, 0) is 23.4 Å². The van der Waals surface area contributed by atoms with Gasteiger partial charge in [0.05, 0.1) is 24.8 Å². The summed E-state index contributed by atoms with van der Waals surface area (Å²) in [6, 6.07) is -2.22. The number of carbonyl (C=O) groups excluding carboxylic acids is 3. The second-order valence-electron chi connectivity index (χ2n) is 14.1. The van der Waals surface area contributed by atoms with E-state index in [2.05, 4.69) is 0 Å². The fourth-order valence-corrected chi connectivity index (χ4v) is 5.60. The Morgan fingerprint density at radius 2 is 1.45 bits per heavy atom. The number of aliphatic hydroxyl groups excluding tert-OH is 2. The molecule has 0 spiro atoms. The summed E-state index contributed by atoms with van der Waals surface area (Å²) in [7, 11) is -2.66. The van der Waals surface area contributed by atoms with E-state index in [0.29, 0.717) is 0 Å². The highest BCUT2D eigenvalue weighted by atomic mass is 28.4. The summed E-state index contributed by atoms with van der Waals surface area (Å²) in [6.07, 6.45) is -6.36. The summed E-state index contributed by atoms with van der Waals surface area (Å²) >= 11 is 0. The molecule has 2 aliphatic heterocycles. The summed E-state index contributed by atoms with van der Waals surface area (Å²) in [5.41, 5.74) is -2.88. The van der Waals surface area contributed by atoms with Crippen molar-refractivity contribution in [2.45, 2.75) is 142 Å². The van der Waals surface area contributed by atoms with E-state index in [-0.39, 0.29) is 11.6 Å². The van der Waals surface area contributed by atoms with Crippen LogP contribution in [0.15, 0.2) is 0 Å². The van der Waals surface area contributed by atoms with Gasteiger partial charge in [-0.05, 0) is 73.5 Å². The maximum atomic E-state index is 13.5. The molecule has 5 atom stereocenters. The molecule has 0 aromatic carbocycles. The van der Waals surface area contributed by atoms with E-state index in [9.17, 15) is 24.6 Å². The molecule has 38 heavy (non-hydrogen) atoms. The van der Waals surface area contributed by atoms with Gasteiger partial charge in [-0.3, -0.25) is 9.69 Å². The van der Waals surface area contributed by atoms with Crippen LogP contribution in [0.25, 0.3) is 0 Å².